The first kappa shape index (κ1) is 10.7. The minimum absolute atomic E-state index is 0.0874. The summed E-state index contributed by atoms with van der Waals surface area (Å²) in [4.78, 5) is 24.5. The number of aromatic nitrogens is 1. The van der Waals surface area contributed by atoms with E-state index in [2.05, 4.69) is 9.87 Å². The fourth-order valence-corrected chi connectivity index (χ4v) is 0.725. The Kier molecular flexibility index (Phi) is 4.07. The minimum Gasteiger partial charge on any atom is -0.292 e. The Hall–Kier alpha value is -1.42. The van der Waals surface area contributed by atoms with Crippen LogP contribution in [0.3, 0.4) is 0 Å². The van der Waals surface area contributed by atoms with Gasteiger partial charge in [-0.2, -0.15) is 4.89 Å². The molecule has 0 N–H and O–H groups in total. The lowest BCUT2D eigenvalue weighted by molar-refractivity contribution is -0.270. The molecule has 4 nitrogen and oxygen atoms in total. The summed E-state index contributed by atoms with van der Waals surface area (Å²) in [6.45, 7) is 3.78. The molecule has 0 amide bonds. The first-order valence-electron chi connectivity index (χ1n) is 4.51. The number of hydrogen-bond acceptors (Lipinski definition) is 4. The molecule has 4 heteroatoms. The number of carbonyl (C=O) groups excluding carboxylic acids is 1. The third-order valence-corrected chi connectivity index (χ3v) is 1.76. The van der Waals surface area contributed by atoms with Gasteiger partial charge in [-0.25, -0.2) is 4.79 Å². The van der Waals surface area contributed by atoms with Gasteiger partial charge in [-0.1, -0.05) is 6.92 Å². The van der Waals surface area contributed by atoms with Crippen molar-refractivity contribution in [2.75, 3.05) is 0 Å². The van der Waals surface area contributed by atoms with Crippen LogP contribution in [0.1, 0.15) is 30.6 Å². The first-order valence-corrected chi connectivity index (χ1v) is 4.51. The summed E-state index contributed by atoms with van der Waals surface area (Å²) < 4.78 is 0. The summed E-state index contributed by atoms with van der Waals surface area (Å²) in [7, 11) is 0. The molecule has 1 rings (SSSR count). The molecule has 0 radical (unpaired) electrons. The number of carbonyl (C=O) groups is 1. The maximum atomic E-state index is 11.3. The highest BCUT2D eigenvalue weighted by Gasteiger charge is 2.09. The SMILES string of the molecule is CCC(C)OOC(=O)c1cccnc1. The molecule has 0 saturated carbocycles. The maximum absolute atomic E-state index is 11.3. The molecule has 1 unspecified atom stereocenters. The van der Waals surface area contributed by atoms with E-state index in [1.165, 1.54) is 6.20 Å². The number of nitrogens with zero attached hydrogens (tertiary/aromatic N) is 1. The second-order valence-corrected chi connectivity index (χ2v) is 2.93. The normalized spacial score (nSPS) is 12.1. The molecule has 14 heavy (non-hydrogen) atoms. The number of hydrogen-bond donors (Lipinski definition) is 0. The van der Waals surface area contributed by atoms with E-state index in [9.17, 15) is 4.79 Å². The molecule has 1 heterocycles. The molecule has 76 valence electrons. The van der Waals surface area contributed by atoms with Crippen LogP contribution in [0, 0.1) is 0 Å². The molecule has 1 atom stereocenters. The molecular weight excluding hydrogens is 182 g/mol. The number of rotatable bonds is 4. The highest BCUT2D eigenvalue weighted by atomic mass is 17.2. The predicted octanol–water partition coefficient (Wildman–Crippen LogP) is 1.97. The van der Waals surface area contributed by atoms with Gasteiger partial charge < -0.3 is 0 Å². The van der Waals surface area contributed by atoms with Gasteiger partial charge in [0.2, 0.25) is 0 Å². The van der Waals surface area contributed by atoms with Crippen molar-refractivity contribution in [1.82, 2.24) is 4.98 Å². The van der Waals surface area contributed by atoms with Crippen LogP contribution in [-0.4, -0.2) is 17.1 Å². The van der Waals surface area contributed by atoms with Crippen molar-refractivity contribution >= 4 is 5.97 Å². The predicted molar refractivity (Wildman–Crippen MR) is 50.5 cm³/mol. The second kappa shape index (κ2) is 5.34. The van der Waals surface area contributed by atoms with Gasteiger partial charge in [-0.3, -0.25) is 9.87 Å². The van der Waals surface area contributed by atoms with Crippen molar-refractivity contribution in [1.29, 1.82) is 0 Å². The standard InChI is InChI=1S/C10H13NO3/c1-3-8(2)13-14-10(12)9-5-4-6-11-7-9/h4-8H,3H2,1-2H3. The van der Waals surface area contributed by atoms with E-state index in [-0.39, 0.29) is 6.10 Å². The van der Waals surface area contributed by atoms with E-state index < -0.39 is 5.97 Å². The van der Waals surface area contributed by atoms with Crippen LogP contribution in [0.2, 0.25) is 0 Å². The zero-order valence-corrected chi connectivity index (χ0v) is 8.27. The van der Waals surface area contributed by atoms with Gasteiger partial charge in [0.05, 0.1) is 5.56 Å². The lowest BCUT2D eigenvalue weighted by Crippen LogP contribution is -2.12. The topological polar surface area (TPSA) is 48.4 Å². The quantitative estimate of drug-likeness (QED) is 0.544. The van der Waals surface area contributed by atoms with Gasteiger partial charge in [-0.05, 0) is 25.5 Å². The Morgan fingerprint density at radius 1 is 1.64 bits per heavy atom. The fraction of sp³-hybridized carbons (Fsp3) is 0.400. The van der Waals surface area contributed by atoms with Crippen LogP contribution in [0.4, 0.5) is 0 Å². The summed E-state index contributed by atoms with van der Waals surface area (Å²) in [5.74, 6) is -0.515. The molecule has 0 aliphatic carbocycles. The maximum Gasteiger partial charge on any atom is 0.374 e. The Morgan fingerprint density at radius 3 is 3.00 bits per heavy atom. The van der Waals surface area contributed by atoms with Crippen molar-refractivity contribution in [2.24, 2.45) is 0 Å². The average molecular weight is 195 g/mol. The summed E-state index contributed by atoms with van der Waals surface area (Å²) in [5.41, 5.74) is 0.385. The second-order valence-electron chi connectivity index (χ2n) is 2.93. The van der Waals surface area contributed by atoms with Gasteiger partial charge in [0.1, 0.15) is 6.10 Å². The van der Waals surface area contributed by atoms with E-state index in [4.69, 9.17) is 4.89 Å². The Bertz CT molecular complexity index is 287. The monoisotopic (exact) mass is 195 g/mol. The van der Waals surface area contributed by atoms with Gasteiger partial charge in [0.25, 0.3) is 0 Å². The van der Waals surface area contributed by atoms with Crippen LogP contribution >= 0.6 is 0 Å². The fourth-order valence-electron chi connectivity index (χ4n) is 0.725. The zero-order valence-electron chi connectivity index (χ0n) is 8.27. The Balaban J connectivity index is 2.44. The van der Waals surface area contributed by atoms with Crippen LogP contribution in [-0.2, 0) is 9.78 Å². The van der Waals surface area contributed by atoms with E-state index >= 15 is 0 Å². The molecule has 0 fully saturated rings. The van der Waals surface area contributed by atoms with E-state index in [0.717, 1.165) is 6.42 Å². The van der Waals surface area contributed by atoms with Gasteiger partial charge in [0.15, 0.2) is 0 Å². The highest BCUT2D eigenvalue weighted by Crippen LogP contribution is 2.02. The lowest BCUT2D eigenvalue weighted by atomic mass is 10.3. The Labute approximate surface area is 82.8 Å². The van der Waals surface area contributed by atoms with Crippen molar-refractivity contribution < 1.29 is 14.6 Å². The summed E-state index contributed by atoms with van der Waals surface area (Å²) in [5, 5.41) is 0. The largest absolute Gasteiger partial charge is 0.374 e. The molecule has 0 saturated heterocycles. The molecule has 1 aromatic rings. The molecule has 1 aromatic heterocycles. The molecular formula is C10H13NO3. The third kappa shape index (κ3) is 3.14. The van der Waals surface area contributed by atoms with Crippen molar-refractivity contribution in [3.05, 3.63) is 30.1 Å². The van der Waals surface area contributed by atoms with E-state index in [0.29, 0.717) is 5.56 Å². The van der Waals surface area contributed by atoms with E-state index in [1.807, 2.05) is 13.8 Å². The van der Waals surface area contributed by atoms with Crippen molar-refractivity contribution in [3.63, 3.8) is 0 Å². The van der Waals surface area contributed by atoms with Crippen molar-refractivity contribution in [2.45, 2.75) is 26.4 Å². The number of pyridine rings is 1. The van der Waals surface area contributed by atoms with Gasteiger partial charge in [0, 0.05) is 12.4 Å². The van der Waals surface area contributed by atoms with Crippen molar-refractivity contribution in [3.8, 4) is 0 Å². The smallest absolute Gasteiger partial charge is 0.292 e. The van der Waals surface area contributed by atoms with Gasteiger partial charge >= 0.3 is 5.97 Å². The van der Waals surface area contributed by atoms with E-state index in [1.54, 1.807) is 18.3 Å². The van der Waals surface area contributed by atoms with Crippen LogP contribution in [0.15, 0.2) is 24.5 Å². The van der Waals surface area contributed by atoms with Crippen LogP contribution in [0.5, 0.6) is 0 Å². The third-order valence-electron chi connectivity index (χ3n) is 1.76. The molecule has 0 spiro atoms. The molecule has 0 aliphatic heterocycles. The average Bonchev–Trinajstić information content (AvgIpc) is 2.26. The molecule has 0 aromatic carbocycles. The summed E-state index contributed by atoms with van der Waals surface area (Å²) in [6, 6.07) is 3.29. The molecule has 0 bridgehead atoms. The summed E-state index contributed by atoms with van der Waals surface area (Å²) in [6.07, 6.45) is 3.73. The highest BCUT2D eigenvalue weighted by molar-refractivity contribution is 5.88. The van der Waals surface area contributed by atoms with Crippen LogP contribution in [0.25, 0.3) is 0 Å². The van der Waals surface area contributed by atoms with Gasteiger partial charge in [-0.15, -0.1) is 0 Å². The minimum atomic E-state index is -0.515. The molecule has 0 aliphatic rings. The zero-order chi connectivity index (χ0) is 10.4. The summed E-state index contributed by atoms with van der Waals surface area (Å²) >= 11 is 0. The lowest BCUT2D eigenvalue weighted by Gasteiger charge is -2.07. The van der Waals surface area contributed by atoms with Crippen LogP contribution < -0.4 is 0 Å². The Morgan fingerprint density at radius 2 is 2.43 bits per heavy atom. The first-order chi connectivity index (χ1) is 6.74.